The van der Waals surface area contributed by atoms with Crippen LogP contribution in [-0.2, 0) is 24.0 Å². The number of hydrogen-bond donors (Lipinski definition) is 0. The van der Waals surface area contributed by atoms with Crippen molar-refractivity contribution in [3.63, 3.8) is 0 Å². The van der Waals surface area contributed by atoms with Gasteiger partial charge in [-0.25, -0.2) is 0 Å². The topological polar surface area (TPSA) is 91.8 Å². The SMILES string of the molecule is CC(=O)C1C(=O)N(C(C)=O)CC(=O)N1C(C)=O. The summed E-state index contributed by atoms with van der Waals surface area (Å²) in [6.45, 7) is 2.79. The van der Waals surface area contributed by atoms with Gasteiger partial charge >= 0.3 is 0 Å². The zero-order chi connectivity index (χ0) is 13.3. The Morgan fingerprint density at radius 1 is 1.06 bits per heavy atom. The monoisotopic (exact) mass is 240 g/mol. The Morgan fingerprint density at radius 2 is 1.59 bits per heavy atom. The highest BCUT2D eigenvalue weighted by Gasteiger charge is 2.45. The average Bonchev–Trinajstić information content (AvgIpc) is 2.18. The van der Waals surface area contributed by atoms with Gasteiger partial charge in [0, 0.05) is 13.8 Å². The van der Waals surface area contributed by atoms with Crippen molar-refractivity contribution in [1.29, 1.82) is 0 Å². The highest BCUT2D eigenvalue weighted by molar-refractivity contribution is 6.18. The lowest BCUT2D eigenvalue weighted by atomic mass is 10.1. The minimum Gasteiger partial charge on any atom is -0.297 e. The number of piperazine rings is 1. The fourth-order valence-corrected chi connectivity index (χ4v) is 1.67. The molecule has 0 aromatic rings. The van der Waals surface area contributed by atoms with Gasteiger partial charge in [-0.2, -0.15) is 0 Å². The number of carbonyl (C=O) groups excluding carboxylic acids is 5. The summed E-state index contributed by atoms with van der Waals surface area (Å²) in [5.74, 6) is -3.53. The number of Topliss-reactive ketones (excluding diaryl/α,β-unsaturated/α-hetero) is 1. The van der Waals surface area contributed by atoms with Gasteiger partial charge in [0.2, 0.25) is 17.7 Å². The van der Waals surface area contributed by atoms with Gasteiger partial charge in [0.15, 0.2) is 11.8 Å². The Morgan fingerprint density at radius 3 is 1.94 bits per heavy atom. The van der Waals surface area contributed by atoms with Crippen LogP contribution in [0.15, 0.2) is 0 Å². The standard InChI is InChI=1S/C10H12N2O5/c1-5(13)9-10(17)11(6(2)14)4-8(16)12(9)7(3)15/h9H,4H2,1-3H3. The summed E-state index contributed by atoms with van der Waals surface area (Å²) in [6.07, 6.45) is 0. The van der Waals surface area contributed by atoms with Crippen LogP contribution in [0.4, 0.5) is 0 Å². The maximum Gasteiger partial charge on any atom is 0.260 e. The van der Waals surface area contributed by atoms with Crippen LogP contribution in [0.25, 0.3) is 0 Å². The predicted molar refractivity (Wildman–Crippen MR) is 54.4 cm³/mol. The first kappa shape index (κ1) is 13.0. The molecule has 92 valence electrons. The Balaban J connectivity index is 3.19. The van der Waals surface area contributed by atoms with Gasteiger partial charge in [0.25, 0.3) is 5.91 Å². The summed E-state index contributed by atoms with van der Waals surface area (Å²) in [5, 5.41) is 0. The summed E-state index contributed by atoms with van der Waals surface area (Å²) >= 11 is 0. The van der Waals surface area contributed by atoms with Crippen molar-refractivity contribution in [2.24, 2.45) is 0 Å². The molecular weight excluding hydrogens is 228 g/mol. The fourth-order valence-electron chi connectivity index (χ4n) is 1.67. The molecule has 0 aliphatic carbocycles. The highest BCUT2D eigenvalue weighted by Crippen LogP contribution is 2.14. The number of carbonyl (C=O) groups is 5. The summed E-state index contributed by atoms with van der Waals surface area (Å²) < 4.78 is 0. The fraction of sp³-hybridized carbons (Fsp3) is 0.500. The van der Waals surface area contributed by atoms with Crippen LogP contribution in [0.3, 0.4) is 0 Å². The minimum absolute atomic E-state index is 0.502. The van der Waals surface area contributed by atoms with Crippen molar-refractivity contribution in [2.45, 2.75) is 26.8 Å². The molecule has 0 N–H and O–H groups in total. The Kier molecular flexibility index (Phi) is 3.40. The minimum atomic E-state index is -1.52. The number of imide groups is 2. The predicted octanol–water partition coefficient (Wildman–Crippen LogP) is -1.29. The van der Waals surface area contributed by atoms with E-state index in [1.807, 2.05) is 0 Å². The smallest absolute Gasteiger partial charge is 0.260 e. The number of hydrogen-bond acceptors (Lipinski definition) is 5. The highest BCUT2D eigenvalue weighted by atomic mass is 16.2. The second-order valence-corrected chi connectivity index (χ2v) is 3.74. The average molecular weight is 240 g/mol. The van der Waals surface area contributed by atoms with Crippen LogP contribution in [0.2, 0.25) is 0 Å². The van der Waals surface area contributed by atoms with E-state index in [4.69, 9.17) is 0 Å². The zero-order valence-corrected chi connectivity index (χ0v) is 9.72. The molecule has 1 saturated heterocycles. The van der Waals surface area contributed by atoms with Crippen molar-refractivity contribution in [3.05, 3.63) is 0 Å². The van der Waals surface area contributed by atoms with Crippen molar-refractivity contribution in [3.8, 4) is 0 Å². The van der Waals surface area contributed by atoms with Gasteiger partial charge in [0.1, 0.15) is 6.54 Å². The van der Waals surface area contributed by atoms with Crippen LogP contribution in [0.5, 0.6) is 0 Å². The van der Waals surface area contributed by atoms with Crippen LogP contribution < -0.4 is 0 Å². The molecule has 0 aromatic heterocycles. The molecule has 7 nitrogen and oxygen atoms in total. The molecule has 17 heavy (non-hydrogen) atoms. The number of nitrogens with zero attached hydrogens (tertiary/aromatic N) is 2. The first-order chi connectivity index (χ1) is 7.77. The summed E-state index contributed by atoms with van der Waals surface area (Å²) in [7, 11) is 0. The van der Waals surface area contributed by atoms with Gasteiger partial charge in [-0.3, -0.25) is 33.8 Å². The van der Waals surface area contributed by atoms with E-state index in [1.54, 1.807) is 0 Å². The molecule has 0 radical (unpaired) electrons. The maximum absolute atomic E-state index is 11.8. The lowest BCUT2D eigenvalue weighted by Crippen LogP contribution is -2.64. The van der Waals surface area contributed by atoms with E-state index in [0.717, 1.165) is 20.8 Å². The lowest BCUT2D eigenvalue weighted by molar-refractivity contribution is -0.168. The summed E-state index contributed by atoms with van der Waals surface area (Å²) in [6, 6.07) is -1.52. The van der Waals surface area contributed by atoms with Crippen LogP contribution in [0, 0.1) is 0 Å². The van der Waals surface area contributed by atoms with Gasteiger partial charge in [-0.1, -0.05) is 0 Å². The third kappa shape index (κ3) is 2.22. The second-order valence-electron chi connectivity index (χ2n) is 3.74. The van der Waals surface area contributed by atoms with Crippen LogP contribution >= 0.6 is 0 Å². The van der Waals surface area contributed by atoms with E-state index < -0.39 is 42.0 Å². The van der Waals surface area contributed by atoms with Gasteiger partial charge in [0.05, 0.1) is 0 Å². The Bertz CT molecular complexity index is 428. The molecule has 1 atom stereocenters. The van der Waals surface area contributed by atoms with E-state index in [1.165, 1.54) is 0 Å². The van der Waals surface area contributed by atoms with E-state index >= 15 is 0 Å². The first-order valence-electron chi connectivity index (χ1n) is 4.92. The molecule has 0 bridgehead atoms. The molecule has 0 saturated carbocycles. The van der Waals surface area contributed by atoms with Crippen molar-refractivity contribution < 1.29 is 24.0 Å². The third-order valence-corrected chi connectivity index (χ3v) is 2.42. The van der Waals surface area contributed by atoms with Crippen molar-refractivity contribution >= 4 is 29.4 Å². The molecule has 0 spiro atoms. The normalized spacial score (nSPS) is 20.5. The molecule has 1 rings (SSSR count). The zero-order valence-electron chi connectivity index (χ0n) is 9.72. The summed E-state index contributed by atoms with van der Waals surface area (Å²) in [4.78, 5) is 58.4. The van der Waals surface area contributed by atoms with Gasteiger partial charge in [-0.05, 0) is 6.92 Å². The number of rotatable bonds is 1. The van der Waals surface area contributed by atoms with Crippen molar-refractivity contribution in [1.82, 2.24) is 9.80 Å². The molecule has 4 amide bonds. The Hall–Kier alpha value is -2.05. The van der Waals surface area contributed by atoms with E-state index in [9.17, 15) is 24.0 Å². The molecule has 1 heterocycles. The quantitative estimate of drug-likeness (QED) is 0.532. The second kappa shape index (κ2) is 4.44. The van der Waals surface area contributed by atoms with Crippen LogP contribution in [-0.4, -0.2) is 51.8 Å². The van der Waals surface area contributed by atoms with E-state index in [2.05, 4.69) is 0 Å². The first-order valence-corrected chi connectivity index (χ1v) is 4.92. The molecule has 1 unspecified atom stereocenters. The van der Waals surface area contributed by atoms with Crippen LogP contribution in [0.1, 0.15) is 20.8 Å². The molecule has 1 aliphatic heterocycles. The summed E-state index contributed by atoms with van der Waals surface area (Å²) in [5.41, 5.74) is 0. The van der Waals surface area contributed by atoms with E-state index in [-0.39, 0.29) is 0 Å². The molecule has 0 aromatic carbocycles. The molecule has 7 heteroatoms. The van der Waals surface area contributed by atoms with Gasteiger partial charge < -0.3 is 0 Å². The maximum atomic E-state index is 11.8. The van der Waals surface area contributed by atoms with Gasteiger partial charge in [-0.15, -0.1) is 0 Å². The van der Waals surface area contributed by atoms with Crippen molar-refractivity contribution in [2.75, 3.05) is 6.54 Å². The number of ketones is 1. The molecule has 1 aliphatic rings. The third-order valence-electron chi connectivity index (χ3n) is 2.42. The number of amides is 4. The molecular formula is C10H12N2O5. The lowest BCUT2D eigenvalue weighted by Gasteiger charge is -2.35. The van der Waals surface area contributed by atoms with E-state index in [0.29, 0.717) is 9.80 Å². The molecule has 1 fully saturated rings. The largest absolute Gasteiger partial charge is 0.297 e. The Labute approximate surface area is 97.3 Å².